The van der Waals surface area contributed by atoms with Crippen LogP contribution in [0.4, 0.5) is 0 Å². The molecular formula is C53H41N3. The van der Waals surface area contributed by atoms with Crippen LogP contribution in [0, 0.1) is 0 Å². The van der Waals surface area contributed by atoms with E-state index in [1.54, 1.807) is 0 Å². The summed E-state index contributed by atoms with van der Waals surface area (Å²) < 4.78 is 0. The number of aromatic nitrogens is 1. The molecule has 1 N–H and O–H groups in total. The van der Waals surface area contributed by atoms with Crippen molar-refractivity contribution in [2.24, 2.45) is 4.99 Å². The largest absolute Gasteiger partial charge is 0.360 e. The van der Waals surface area contributed by atoms with Gasteiger partial charge in [0, 0.05) is 33.0 Å². The van der Waals surface area contributed by atoms with Crippen LogP contribution >= 0.6 is 0 Å². The SMILES string of the molecule is C1=C(c2ccc(-c3c4ccccc4nc4c3ccc3ccccc34)cc2)NC(c2cccc(-c3ccccc3)c2)N=C1c1cccc(-c2ccccc2)c1.CC. The minimum absolute atomic E-state index is 0.273. The summed E-state index contributed by atoms with van der Waals surface area (Å²) in [6.45, 7) is 4.00. The van der Waals surface area contributed by atoms with E-state index in [-0.39, 0.29) is 6.17 Å². The smallest absolute Gasteiger partial charge is 0.145 e. The van der Waals surface area contributed by atoms with Gasteiger partial charge in [0.1, 0.15) is 6.17 Å². The number of rotatable bonds is 6. The van der Waals surface area contributed by atoms with Gasteiger partial charge in [-0.3, -0.25) is 4.99 Å². The van der Waals surface area contributed by atoms with Gasteiger partial charge in [-0.05, 0) is 68.6 Å². The van der Waals surface area contributed by atoms with E-state index in [0.29, 0.717) is 0 Å². The van der Waals surface area contributed by atoms with E-state index < -0.39 is 0 Å². The zero-order chi connectivity index (χ0) is 37.8. The van der Waals surface area contributed by atoms with Crippen LogP contribution in [-0.2, 0) is 0 Å². The normalized spacial score (nSPS) is 13.7. The summed E-state index contributed by atoms with van der Waals surface area (Å²) in [5, 5.41) is 8.48. The monoisotopic (exact) mass is 719 g/mol. The highest BCUT2D eigenvalue weighted by molar-refractivity contribution is 6.17. The molecule has 0 spiro atoms. The van der Waals surface area contributed by atoms with E-state index in [2.05, 4.69) is 206 Å². The predicted octanol–water partition coefficient (Wildman–Crippen LogP) is 13.7. The molecule has 0 bridgehead atoms. The van der Waals surface area contributed by atoms with Gasteiger partial charge in [0.15, 0.2) is 0 Å². The lowest BCUT2D eigenvalue weighted by Gasteiger charge is -2.25. The second kappa shape index (κ2) is 15.3. The van der Waals surface area contributed by atoms with Crippen molar-refractivity contribution in [3.8, 4) is 33.4 Å². The first-order valence-electron chi connectivity index (χ1n) is 19.4. The molecule has 3 heteroatoms. The van der Waals surface area contributed by atoms with Crippen LogP contribution in [0.2, 0.25) is 0 Å². The second-order valence-electron chi connectivity index (χ2n) is 13.8. The number of allylic oxidation sites excluding steroid dienone is 1. The molecule has 3 nitrogen and oxygen atoms in total. The molecule has 268 valence electrons. The fourth-order valence-corrected chi connectivity index (χ4v) is 7.78. The van der Waals surface area contributed by atoms with Crippen LogP contribution in [0.5, 0.6) is 0 Å². The number of pyridine rings is 1. The minimum atomic E-state index is -0.273. The highest BCUT2D eigenvalue weighted by atomic mass is 15.1. The highest BCUT2D eigenvalue weighted by Crippen LogP contribution is 2.38. The van der Waals surface area contributed by atoms with E-state index in [4.69, 9.17) is 9.98 Å². The molecule has 1 aromatic heterocycles. The minimum Gasteiger partial charge on any atom is -0.360 e. The van der Waals surface area contributed by atoms with Gasteiger partial charge in [0.2, 0.25) is 0 Å². The van der Waals surface area contributed by atoms with Crippen molar-refractivity contribution >= 4 is 44.0 Å². The Balaban J connectivity index is 0.00000202. The highest BCUT2D eigenvalue weighted by Gasteiger charge is 2.21. The summed E-state index contributed by atoms with van der Waals surface area (Å²) in [4.78, 5) is 10.5. The number of nitrogens with zero attached hydrogens (tertiary/aromatic N) is 2. The number of hydrogen-bond acceptors (Lipinski definition) is 3. The van der Waals surface area contributed by atoms with E-state index in [9.17, 15) is 0 Å². The average Bonchev–Trinajstić information content (AvgIpc) is 3.29. The Morgan fingerprint density at radius 1 is 0.429 bits per heavy atom. The summed E-state index contributed by atoms with van der Waals surface area (Å²) in [5.41, 5.74) is 14.4. The lowest BCUT2D eigenvalue weighted by atomic mass is 9.93. The first kappa shape index (κ1) is 34.7. The van der Waals surface area contributed by atoms with Crippen molar-refractivity contribution in [3.05, 3.63) is 217 Å². The summed E-state index contributed by atoms with van der Waals surface area (Å²) >= 11 is 0. The van der Waals surface area contributed by atoms with Crippen LogP contribution in [0.25, 0.3) is 71.7 Å². The predicted molar refractivity (Wildman–Crippen MR) is 238 cm³/mol. The third kappa shape index (κ3) is 6.65. The summed E-state index contributed by atoms with van der Waals surface area (Å²) in [7, 11) is 0. The Bertz CT molecular complexity index is 2890. The lowest BCUT2D eigenvalue weighted by Crippen LogP contribution is -2.25. The van der Waals surface area contributed by atoms with Crippen LogP contribution in [0.15, 0.2) is 205 Å². The number of aliphatic imine (C=N–C) groups is 1. The Morgan fingerprint density at radius 2 is 1.02 bits per heavy atom. The molecule has 0 fully saturated rings. The topological polar surface area (TPSA) is 37.3 Å². The van der Waals surface area contributed by atoms with Gasteiger partial charge in [-0.15, -0.1) is 0 Å². The Morgan fingerprint density at radius 3 is 1.77 bits per heavy atom. The van der Waals surface area contributed by atoms with Gasteiger partial charge in [0.05, 0.1) is 16.7 Å². The second-order valence-corrected chi connectivity index (χ2v) is 13.8. The Kier molecular flexibility index (Phi) is 9.49. The quantitative estimate of drug-likeness (QED) is 0.137. The summed E-state index contributed by atoms with van der Waals surface area (Å²) in [6.07, 6.45) is 1.92. The number of fused-ring (bicyclic) bond motifs is 4. The van der Waals surface area contributed by atoms with Crippen LogP contribution in [-0.4, -0.2) is 10.7 Å². The zero-order valence-electron chi connectivity index (χ0n) is 31.5. The molecule has 56 heavy (non-hydrogen) atoms. The number of para-hydroxylation sites is 1. The fraction of sp³-hybridized carbons (Fsp3) is 0.0566. The molecule has 0 amide bonds. The maximum atomic E-state index is 5.35. The molecule has 0 saturated carbocycles. The summed E-state index contributed by atoms with van der Waals surface area (Å²) in [5.74, 6) is 0. The Labute approximate surface area is 328 Å². The average molecular weight is 720 g/mol. The standard InChI is InChI=1S/C51H35N3.C2H6/c1-3-13-34(14-4-1)39-18-11-20-41(31-39)48-33-47(53-51(54-48)42-21-12-19-40(32-42)35-15-5-2-6-16-35)37-25-27-38(28-26-37)49-44-23-9-10-24-46(44)52-50-43-22-8-7-17-36(43)29-30-45(49)50;1-2/h1-33,51,53H;1-2H3. The van der Waals surface area contributed by atoms with Gasteiger partial charge < -0.3 is 5.32 Å². The fourth-order valence-electron chi connectivity index (χ4n) is 7.78. The molecule has 9 aromatic rings. The van der Waals surface area contributed by atoms with Gasteiger partial charge in [-0.25, -0.2) is 4.98 Å². The summed E-state index contributed by atoms with van der Waals surface area (Å²) in [6, 6.07) is 68.9. The number of nitrogens with one attached hydrogen (secondary N) is 1. The van der Waals surface area contributed by atoms with Crippen molar-refractivity contribution in [2.75, 3.05) is 0 Å². The molecule has 0 saturated heterocycles. The molecule has 0 aliphatic carbocycles. The third-order valence-corrected chi connectivity index (χ3v) is 10.5. The van der Waals surface area contributed by atoms with Gasteiger partial charge in [-0.2, -0.15) is 0 Å². The molecule has 1 aliphatic heterocycles. The molecule has 2 heterocycles. The lowest BCUT2D eigenvalue weighted by molar-refractivity contribution is 0.664. The molecule has 8 aromatic carbocycles. The third-order valence-electron chi connectivity index (χ3n) is 10.5. The first-order valence-corrected chi connectivity index (χ1v) is 19.4. The number of hydrogen-bond donors (Lipinski definition) is 1. The van der Waals surface area contributed by atoms with E-state index in [1.807, 2.05) is 13.8 Å². The zero-order valence-corrected chi connectivity index (χ0v) is 31.5. The molecule has 10 rings (SSSR count). The molecular weight excluding hydrogens is 679 g/mol. The van der Waals surface area contributed by atoms with Gasteiger partial charge in [0.25, 0.3) is 0 Å². The van der Waals surface area contributed by atoms with Crippen molar-refractivity contribution in [3.63, 3.8) is 0 Å². The van der Waals surface area contributed by atoms with Crippen molar-refractivity contribution in [1.29, 1.82) is 0 Å². The van der Waals surface area contributed by atoms with Crippen LogP contribution in [0.3, 0.4) is 0 Å². The van der Waals surface area contributed by atoms with Gasteiger partial charge >= 0.3 is 0 Å². The van der Waals surface area contributed by atoms with E-state index >= 15 is 0 Å². The van der Waals surface area contributed by atoms with Crippen molar-refractivity contribution in [1.82, 2.24) is 10.3 Å². The first-order chi connectivity index (χ1) is 27.7. The van der Waals surface area contributed by atoms with Gasteiger partial charge in [-0.1, -0.05) is 190 Å². The van der Waals surface area contributed by atoms with Crippen LogP contribution in [0.1, 0.15) is 36.7 Å². The number of benzene rings is 8. The van der Waals surface area contributed by atoms with E-state index in [0.717, 1.165) is 55.5 Å². The molecule has 1 aliphatic rings. The molecule has 0 radical (unpaired) electrons. The van der Waals surface area contributed by atoms with Crippen molar-refractivity contribution < 1.29 is 0 Å². The molecule has 1 unspecified atom stereocenters. The van der Waals surface area contributed by atoms with E-state index in [1.165, 1.54) is 38.6 Å². The van der Waals surface area contributed by atoms with Crippen molar-refractivity contribution in [2.45, 2.75) is 20.0 Å². The van der Waals surface area contributed by atoms with Crippen LogP contribution < -0.4 is 5.32 Å². The maximum absolute atomic E-state index is 5.35. The Hall–Kier alpha value is -7.10. The maximum Gasteiger partial charge on any atom is 0.145 e. The molecule has 1 atom stereocenters.